The highest BCUT2D eigenvalue weighted by atomic mass is 19.3. The second kappa shape index (κ2) is 8.95. The third-order valence-electron chi connectivity index (χ3n) is 6.08. The van der Waals surface area contributed by atoms with Crippen molar-refractivity contribution in [1.82, 2.24) is 19.5 Å². The molecule has 170 valence electrons. The van der Waals surface area contributed by atoms with Gasteiger partial charge in [0, 0.05) is 25.2 Å². The normalized spacial score (nSPS) is 21.9. The van der Waals surface area contributed by atoms with E-state index in [2.05, 4.69) is 20.2 Å². The lowest BCUT2D eigenvalue weighted by Gasteiger charge is -2.29. The van der Waals surface area contributed by atoms with Gasteiger partial charge in [-0.1, -0.05) is 12.1 Å². The van der Waals surface area contributed by atoms with E-state index in [1.165, 1.54) is 4.57 Å². The van der Waals surface area contributed by atoms with Crippen LogP contribution in [-0.2, 0) is 4.74 Å². The van der Waals surface area contributed by atoms with Gasteiger partial charge in [-0.15, -0.1) is 0 Å². The highest BCUT2D eigenvalue weighted by molar-refractivity contribution is 5.78. The summed E-state index contributed by atoms with van der Waals surface area (Å²) in [5.74, 6) is 1.06. The highest BCUT2D eigenvalue weighted by Gasteiger charge is 2.25. The number of aliphatic hydroxyl groups is 1. The molecule has 0 amide bonds. The number of nitrogens with zero attached hydrogens (tertiary/aromatic N) is 5. The maximum atomic E-state index is 13.9. The number of alkyl halides is 2. The van der Waals surface area contributed by atoms with Crippen LogP contribution >= 0.6 is 0 Å². The number of nitrogens with one attached hydrogen (secondary N) is 1. The maximum Gasteiger partial charge on any atom is 0.296 e. The summed E-state index contributed by atoms with van der Waals surface area (Å²) in [7, 11) is 0. The van der Waals surface area contributed by atoms with Crippen LogP contribution in [0.5, 0.6) is 0 Å². The number of aromatic nitrogens is 4. The van der Waals surface area contributed by atoms with Gasteiger partial charge in [0.25, 0.3) is 6.43 Å². The molecule has 0 radical (unpaired) electrons. The Morgan fingerprint density at radius 3 is 2.47 bits per heavy atom. The van der Waals surface area contributed by atoms with Gasteiger partial charge in [-0.25, -0.2) is 13.8 Å². The Bertz CT molecular complexity index is 1080. The third-order valence-corrected chi connectivity index (χ3v) is 6.08. The number of halogens is 2. The van der Waals surface area contributed by atoms with Gasteiger partial charge >= 0.3 is 0 Å². The van der Waals surface area contributed by atoms with Crippen LogP contribution < -0.4 is 10.2 Å². The Labute approximate surface area is 184 Å². The van der Waals surface area contributed by atoms with Crippen LogP contribution in [0, 0.1) is 0 Å². The van der Waals surface area contributed by atoms with E-state index < -0.39 is 6.43 Å². The lowest BCUT2D eigenvalue weighted by atomic mass is 9.93. The zero-order chi connectivity index (χ0) is 22.1. The molecule has 2 aromatic heterocycles. The molecular weight excluding hydrogens is 418 g/mol. The lowest BCUT2D eigenvalue weighted by Crippen LogP contribution is -2.37. The number of morpholine rings is 1. The number of para-hydroxylation sites is 2. The van der Waals surface area contributed by atoms with E-state index in [1.54, 1.807) is 30.3 Å². The number of rotatable bonds is 5. The van der Waals surface area contributed by atoms with Crippen LogP contribution in [-0.4, -0.2) is 63.1 Å². The summed E-state index contributed by atoms with van der Waals surface area (Å²) in [5, 5.41) is 13.2. The molecule has 0 spiro atoms. The van der Waals surface area contributed by atoms with Crippen LogP contribution in [0.15, 0.2) is 30.3 Å². The maximum absolute atomic E-state index is 13.9. The fourth-order valence-corrected chi connectivity index (χ4v) is 4.39. The van der Waals surface area contributed by atoms with E-state index in [-0.39, 0.29) is 18.0 Å². The topological polar surface area (TPSA) is 88.3 Å². The van der Waals surface area contributed by atoms with E-state index in [4.69, 9.17) is 9.72 Å². The summed E-state index contributed by atoms with van der Waals surface area (Å²) in [6.07, 6.45) is 0.0243. The van der Waals surface area contributed by atoms with Gasteiger partial charge in [0.2, 0.25) is 5.95 Å². The number of hydrogen-bond donors (Lipinski definition) is 2. The standard InChI is InChI=1S/C22H26F2N6O2/c23-20(24)21-26-16-3-1-2-4-17(16)30(21)19-13-18(29-9-11-32-12-10-29)27-22(28-19)25-14-5-7-15(31)8-6-14/h1-4,13-15,20,31H,5-12H2,(H,25,27,28). The van der Waals surface area contributed by atoms with Gasteiger partial charge in [-0.2, -0.15) is 9.97 Å². The summed E-state index contributed by atoms with van der Waals surface area (Å²) >= 11 is 0. The fraction of sp³-hybridized carbons (Fsp3) is 0.500. The van der Waals surface area contributed by atoms with E-state index in [1.807, 2.05) is 0 Å². The van der Waals surface area contributed by atoms with Crippen molar-refractivity contribution in [1.29, 1.82) is 0 Å². The molecule has 5 rings (SSSR count). The molecule has 1 saturated heterocycles. The van der Waals surface area contributed by atoms with Gasteiger partial charge in [-0.05, 0) is 37.8 Å². The van der Waals surface area contributed by atoms with Crippen molar-refractivity contribution in [2.45, 2.75) is 44.3 Å². The summed E-state index contributed by atoms with van der Waals surface area (Å²) < 4.78 is 34.7. The largest absolute Gasteiger partial charge is 0.393 e. The SMILES string of the molecule is OC1CCC(Nc2nc(N3CCOCC3)cc(-n3c(C(F)F)nc4ccccc43)n2)CC1. The van der Waals surface area contributed by atoms with Crippen LogP contribution in [0.25, 0.3) is 16.9 Å². The number of aliphatic hydroxyl groups excluding tert-OH is 1. The molecule has 32 heavy (non-hydrogen) atoms. The van der Waals surface area contributed by atoms with E-state index in [9.17, 15) is 13.9 Å². The molecule has 2 aliphatic rings. The lowest BCUT2D eigenvalue weighted by molar-refractivity contribution is 0.122. The van der Waals surface area contributed by atoms with Crippen molar-refractivity contribution in [3.8, 4) is 5.82 Å². The molecule has 1 aromatic carbocycles. The minimum Gasteiger partial charge on any atom is -0.393 e. The second-order valence-electron chi connectivity index (χ2n) is 8.25. The van der Waals surface area contributed by atoms with Crippen LogP contribution in [0.1, 0.15) is 37.9 Å². The molecule has 1 saturated carbocycles. The summed E-state index contributed by atoms with van der Waals surface area (Å²) in [6.45, 7) is 2.49. The second-order valence-corrected chi connectivity index (χ2v) is 8.25. The Hall–Kier alpha value is -2.85. The Morgan fingerprint density at radius 2 is 1.72 bits per heavy atom. The Balaban J connectivity index is 1.58. The Kier molecular flexibility index (Phi) is 5.88. The molecule has 1 aliphatic heterocycles. The fourth-order valence-electron chi connectivity index (χ4n) is 4.39. The number of imidazole rings is 1. The van der Waals surface area contributed by atoms with E-state index in [0.717, 1.165) is 25.7 Å². The van der Waals surface area contributed by atoms with Crippen LogP contribution in [0.2, 0.25) is 0 Å². The molecule has 2 fully saturated rings. The molecule has 1 aliphatic carbocycles. The Morgan fingerprint density at radius 1 is 1.00 bits per heavy atom. The first-order valence-electron chi connectivity index (χ1n) is 11.0. The molecule has 10 heteroatoms. The monoisotopic (exact) mass is 444 g/mol. The van der Waals surface area contributed by atoms with Crippen LogP contribution in [0.3, 0.4) is 0 Å². The van der Waals surface area contributed by atoms with Crippen molar-refractivity contribution in [3.05, 3.63) is 36.2 Å². The predicted octanol–water partition coefficient (Wildman–Crippen LogP) is 3.31. The van der Waals surface area contributed by atoms with Gasteiger partial charge in [0.1, 0.15) is 11.6 Å². The van der Waals surface area contributed by atoms with Crippen molar-refractivity contribution >= 4 is 22.8 Å². The molecule has 0 atom stereocenters. The average Bonchev–Trinajstić information content (AvgIpc) is 3.21. The molecule has 8 nitrogen and oxygen atoms in total. The number of fused-ring (bicyclic) bond motifs is 1. The molecule has 3 aromatic rings. The predicted molar refractivity (Wildman–Crippen MR) is 117 cm³/mol. The van der Waals surface area contributed by atoms with Crippen LogP contribution in [0.4, 0.5) is 20.5 Å². The van der Waals surface area contributed by atoms with Gasteiger partial charge < -0.3 is 20.1 Å². The average molecular weight is 444 g/mol. The quantitative estimate of drug-likeness (QED) is 0.624. The van der Waals surface area contributed by atoms with Crippen molar-refractivity contribution in [2.75, 3.05) is 36.5 Å². The van der Waals surface area contributed by atoms with E-state index >= 15 is 0 Å². The zero-order valence-electron chi connectivity index (χ0n) is 17.6. The minimum absolute atomic E-state index is 0.125. The van der Waals surface area contributed by atoms with Gasteiger partial charge in [-0.3, -0.25) is 4.57 Å². The number of hydrogen-bond acceptors (Lipinski definition) is 7. The van der Waals surface area contributed by atoms with Crippen molar-refractivity contribution in [2.24, 2.45) is 0 Å². The molecule has 0 bridgehead atoms. The van der Waals surface area contributed by atoms with Crippen molar-refractivity contribution in [3.63, 3.8) is 0 Å². The summed E-state index contributed by atoms with van der Waals surface area (Å²) in [6, 6.07) is 8.92. The molecular formula is C22H26F2N6O2. The number of benzene rings is 1. The third kappa shape index (κ3) is 4.24. The minimum atomic E-state index is -2.75. The smallest absolute Gasteiger partial charge is 0.296 e. The zero-order valence-corrected chi connectivity index (χ0v) is 17.6. The first kappa shape index (κ1) is 21.0. The first-order chi connectivity index (χ1) is 15.6. The summed E-state index contributed by atoms with van der Waals surface area (Å²) in [5.41, 5.74) is 1.06. The number of anilines is 2. The summed E-state index contributed by atoms with van der Waals surface area (Å²) in [4.78, 5) is 15.6. The molecule has 3 heterocycles. The number of ether oxygens (including phenoxy) is 1. The molecule has 2 N–H and O–H groups in total. The van der Waals surface area contributed by atoms with Gasteiger partial charge in [0.05, 0.1) is 30.4 Å². The first-order valence-corrected chi connectivity index (χ1v) is 11.0. The van der Waals surface area contributed by atoms with Gasteiger partial charge in [0.15, 0.2) is 5.82 Å². The van der Waals surface area contributed by atoms with Crippen molar-refractivity contribution < 1.29 is 18.6 Å². The van der Waals surface area contributed by atoms with E-state index in [0.29, 0.717) is 54.9 Å². The highest BCUT2D eigenvalue weighted by Crippen LogP contribution is 2.30. The molecule has 0 unspecified atom stereocenters.